The van der Waals surface area contributed by atoms with Gasteiger partial charge in [0.1, 0.15) is 0 Å². The molecule has 5 nitrogen and oxygen atoms in total. The van der Waals surface area contributed by atoms with Crippen molar-refractivity contribution in [1.29, 1.82) is 0 Å². The minimum atomic E-state index is -0.398. The molecule has 4 N–H and O–H groups in total. The van der Waals surface area contributed by atoms with Gasteiger partial charge in [-0.05, 0) is 30.7 Å². The van der Waals surface area contributed by atoms with Crippen molar-refractivity contribution in [2.75, 3.05) is 26.1 Å². The number of amides is 1. The maximum absolute atomic E-state index is 11.8. The summed E-state index contributed by atoms with van der Waals surface area (Å²) in [6.07, 6.45) is 0. The molecule has 1 atom stereocenters. The fourth-order valence-electron chi connectivity index (χ4n) is 1.43. The fourth-order valence-corrected chi connectivity index (χ4v) is 1.43. The first-order chi connectivity index (χ1) is 8.08. The Morgan fingerprint density at radius 1 is 1.59 bits per heavy atom. The molecular weight excluding hydrogens is 220 g/mol. The quantitative estimate of drug-likeness (QED) is 0.645. The van der Waals surface area contributed by atoms with Crippen LogP contribution >= 0.6 is 0 Å². The van der Waals surface area contributed by atoms with E-state index in [-0.39, 0.29) is 19.1 Å². The highest BCUT2D eigenvalue weighted by Gasteiger charge is 2.13. The van der Waals surface area contributed by atoms with Crippen molar-refractivity contribution in [2.24, 2.45) is 0 Å². The number of hydrogen-bond acceptors (Lipinski definition) is 4. The van der Waals surface area contributed by atoms with Crippen molar-refractivity contribution in [2.45, 2.75) is 13.0 Å². The number of carbonyl (C=O) groups is 1. The highest BCUT2D eigenvalue weighted by atomic mass is 16.5. The standard InChI is InChI=1S/C12H18N2O3/c1-8-5-9(3-4-11(8)13)12(16)14-10(6-15)7-17-2/h3-5,10,15H,6-7,13H2,1-2H3,(H,14,16). The molecule has 0 spiro atoms. The van der Waals surface area contributed by atoms with Gasteiger partial charge in [-0.25, -0.2) is 0 Å². The summed E-state index contributed by atoms with van der Waals surface area (Å²) < 4.78 is 4.88. The Kier molecular flexibility index (Phi) is 4.93. The first kappa shape index (κ1) is 13.5. The third-order valence-electron chi connectivity index (χ3n) is 2.46. The number of methoxy groups -OCH3 is 1. The Hall–Kier alpha value is -1.59. The Morgan fingerprint density at radius 3 is 2.82 bits per heavy atom. The molecule has 17 heavy (non-hydrogen) atoms. The number of ether oxygens (including phenoxy) is 1. The van der Waals surface area contributed by atoms with Gasteiger partial charge in [-0.2, -0.15) is 0 Å². The van der Waals surface area contributed by atoms with Crippen LogP contribution < -0.4 is 11.1 Å². The largest absolute Gasteiger partial charge is 0.399 e. The zero-order valence-electron chi connectivity index (χ0n) is 10.1. The normalized spacial score (nSPS) is 12.2. The van der Waals surface area contributed by atoms with Crippen LogP contribution in [0.4, 0.5) is 5.69 Å². The maximum Gasteiger partial charge on any atom is 0.251 e. The van der Waals surface area contributed by atoms with Crippen LogP contribution in [0.15, 0.2) is 18.2 Å². The fraction of sp³-hybridized carbons (Fsp3) is 0.417. The summed E-state index contributed by atoms with van der Waals surface area (Å²) >= 11 is 0. The van der Waals surface area contributed by atoms with E-state index in [1.54, 1.807) is 18.2 Å². The van der Waals surface area contributed by atoms with Crippen molar-refractivity contribution < 1.29 is 14.6 Å². The van der Waals surface area contributed by atoms with E-state index in [0.29, 0.717) is 11.3 Å². The molecule has 0 fully saturated rings. The van der Waals surface area contributed by atoms with Crippen LogP contribution in [-0.4, -0.2) is 37.4 Å². The lowest BCUT2D eigenvalue weighted by molar-refractivity contribution is 0.0839. The molecule has 5 heteroatoms. The second-order valence-corrected chi connectivity index (χ2v) is 3.88. The Labute approximate surface area is 101 Å². The smallest absolute Gasteiger partial charge is 0.251 e. The lowest BCUT2D eigenvalue weighted by Crippen LogP contribution is -2.40. The number of nitrogens with two attached hydrogens (primary N) is 1. The van der Waals surface area contributed by atoms with Gasteiger partial charge in [-0.1, -0.05) is 0 Å². The number of aliphatic hydroxyl groups is 1. The second-order valence-electron chi connectivity index (χ2n) is 3.88. The summed E-state index contributed by atoms with van der Waals surface area (Å²) in [6, 6.07) is 4.66. The maximum atomic E-state index is 11.8. The molecule has 94 valence electrons. The highest BCUT2D eigenvalue weighted by Crippen LogP contribution is 2.12. The number of hydrogen-bond donors (Lipinski definition) is 3. The molecule has 0 bridgehead atoms. The molecule has 1 rings (SSSR count). The van der Waals surface area contributed by atoms with E-state index < -0.39 is 6.04 Å². The van der Waals surface area contributed by atoms with Gasteiger partial charge in [0.2, 0.25) is 0 Å². The van der Waals surface area contributed by atoms with E-state index in [1.165, 1.54) is 7.11 Å². The van der Waals surface area contributed by atoms with Crippen LogP contribution in [0.25, 0.3) is 0 Å². The third-order valence-corrected chi connectivity index (χ3v) is 2.46. The molecule has 1 amide bonds. The summed E-state index contributed by atoms with van der Waals surface area (Å²) in [4.78, 5) is 11.8. The van der Waals surface area contributed by atoms with Crippen molar-refractivity contribution in [3.63, 3.8) is 0 Å². The number of carbonyl (C=O) groups excluding carboxylic acids is 1. The van der Waals surface area contributed by atoms with Gasteiger partial charge in [-0.15, -0.1) is 0 Å². The third kappa shape index (κ3) is 3.72. The molecule has 0 aliphatic rings. The minimum absolute atomic E-state index is 0.159. The molecule has 0 saturated carbocycles. The molecule has 0 aliphatic carbocycles. The summed E-state index contributed by atoms with van der Waals surface area (Å²) in [6.45, 7) is 1.95. The minimum Gasteiger partial charge on any atom is -0.399 e. The van der Waals surface area contributed by atoms with Crippen molar-refractivity contribution in [3.8, 4) is 0 Å². The number of aliphatic hydroxyl groups excluding tert-OH is 1. The molecular formula is C12H18N2O3. The number of benzene rings is 1. The first-order valence-corrected chi connectivity index (χ1v) is 5.35. The molecule has 0 aromatic heterocycles. The van der Waals surface area contributed by atoms with Gasteiger partial charge in [0.25, 0.3) is 5.91 Å². The highest BCUT2D eigenvalue weighted by molar-refractivity contribution is 5.95. The molecule has 1 aromatic carbocycles. The van der Waals surface area contributed by atoms with E-state index in [2.05, 4.69) is 5.32 Å². The Bertz CT molecular complexity index is 393. The lowest BCUT2D eigenvalue weighted by Gasteiger charge is -2.15. The van der Waals surface area contributed by atoms with Gasteiger partial charge < -0.3 is 20.9 Å². The summed E-state index contributed by atoms with van der Waals surface area (Å²) in [5, 5.41) is 11.7. The van der Waals surface area contributed by atoms with Gasteiger partial charge in [0.15, 0.2) is 0 Å². The molecule has 0 heterocycles. The van der Waals surface area contributed by atoms with Gasteiger partial charge in [0, 0.05) is 18.4 Å². The number of nitrogens with one attached hydrogen (secondary N) is 1. The Morgan fingerprint density at radius 2 is 2.29 bits per heavy atom. The Balaban J connectivity index is 2.72. The van der Waals surface area contributed by atoms with Crippen molar-refractivity contribution >= 4 is 11.6 Å². The number of rotatable bonds is 5. The van der Waals surface area contributed by atoms with Crippen LogP contribution in [0.2, 0.25) is 0 Å². The van der Waals surface area contributed by atoms with E-state index >= 15 is 0 Å². The zero-order chi connectivity index (χ0) is 12.8. The van der Waals surface area contributed by atoms with Crippen molar-refractivity contribution in [1.82, 2.24) is 5.32 Å². The summed E-state index contributed by atoms with van der Waals surface area (Å²) in [5.41, 5.74) is 7.69. The molecule has 0 aliphatic heterocycles. The lowest BCUT2D eigenvalue weighted by atomic mass is 10.1. The van der Waals surface area contributed by atoms with E-state index in [1.807, 2.05) is 6.92 Å². The zero-order valence-corrected chi connectivity index (χ0v) is 10.1. The second kappa shape index (κ2) is 6.22. The van der Waals surface area contributed by atoms with Crippen LogP contribution in [-0.2, 0) is 4.74 Å². The van der Waals surface area contributed by atoms with Crippen LogP contribution in [0, 0.1) is 6.92 Å². The first-order valence-electron chi connectivity index (χ1n) is 5.35. The van der Waals surface area contributed by atoms with Gasteiger partial charge in [-0.3, -0.25) is 4.79 Å². The average molecular weight is 238 g/mol. The summed E-state index contributed by atoms with van der Waals surface area (Å²) in [5.74, 6) is -0.246. The SMILES string of the molecule is COCC(CO)NC(=O)c1ccc(N)c(C)c1. The average Bonchev–Trinajstić information content (AvgIpc) is 2.31. The van der Waals surface area contributed by atoms with E-state index in [4.69, 9.17) is 15.6 Å². The molecule has 1 unspecified atom stereocenters. The van der Waals surface area contributed by atoms with Crippen molar-refractivity contribution in [3.05, 3.63) is 29.3 Å². The number of aryl methyl sites for hydroxylation is 1. The van der Waals surface area contributed by atoms with E-state index in [0.717, 1.165) is 5.56 Å². The van der Waals surface area contributed by atoms with Gasteiger partial charge in [0.05, 0.1) is 19.3 Å². The molecule has 0 radical (unpaired) electrons. The molecule has 0 saturated heterocycles. The number of anilines is 1. The van der Waals surface area contributed by atoms with E-state index in [9.17, 15) is 4.79 Å². The van der Waals surface area contributed by atoms with Crippen LogP contribution in [0.3, 0.4) is 0 Å². The summed E-state index contributed by atoms with van der Waals surface area (Å²) in [7, 11) is 1.52. The predicted octanol–water partition coefficient (Wildman–Crippen LogP) is 0.314. The topological polar surface area (TPSA) is 84.6 Å². The van der Waals surface area contributed by atoms with Crippen LogP contribution in [0.5, 0.6) is 0 Å². The monoisotopic (exact) mass is 238 g/mol. The number of nitrogen functional groups attached to an aromatic ring is 1. The predicted molar refractivity (Wildman–Crippen MR) is 65.8 cm³/mol. The van der Waals surface area contributed by atoms with Crippen LogP contribution in [0.1, 0.15) is 15.9 Å². The molecule has 1 aromatic rings. The van der Waals surface area contributed by atoms with Gasteiger partial charge >= 0.3 is 0 Å².